The molecule has 1 aliphatic rings. The summed E-state index contributed by atoms with van der Waals surface area (Å²) in [6.07, 6.45) is 0. The van der Waals surface area contributed by atoms with Gasteiger partial charge in [0, 0.05) is 18.7 Å². The first kappa shape index (κ1) is 14.5. The highest BCUT2D eigenvalue weighted by Crippen LogP contribution is 2.24. The summed E-state index contributed by atoms with van der Waals surface area (Å²) < 4.78 is 13.4. The van der Waals surface area contributed by atoms with Gasteiger partial charge >= 0.3 is 0 Å². The van der Waals surface area contributed by atoms with Crippen molar-refractivity contribution in [3.63, 3.8) is 0 Å². The summed E-state index contributed by atoms with van der Waals surface area (Å²) >= 11 is 0. The van der Waals surface area contributed by atoms with Crippen molar-refractivity contribution in [3.8, 4) is 11.8 Å². The molecule has 4 heteroatoms. The number of benzene rings is 1. The maximum Gasteiger partial charge on any atom is 0.255 e. The summed E-state index contributed by atoms with van der Waals surface area (Å²) in [5, 5.41) is 0. The van der Waals surface area contributed by atoms with E-state index in [9.17, 15) is 9.18 Å². The maximum atomic E-state index is 13.4. The molecular weight excluding hydrogens is 255 g/mol. The van der Waals surface area contributed by atoms with E-state index < -0.39 is 5.82 Å². The molecule has 1 saturated heterocycles. The lowest BCUT2D eigenvalue weighted by atomic mass is 10.0. The van der Waals surface area contributed by atoms with Crippen LogP contribution in [0.15, 0.2) is 18.2 Å². The molecule has 106 valence electrons. The van der Waals surface area contributed by atoms with Gasteiger partial charge in [-0.25, -0.2) is 4.39 Å². The minimum absolute atomic E-state index is 0.151. The van der Waals surface area contributed by atoms with Crippen LogP contribution in [-0.2, 0) is 0 Å². The van der Waals surface area contributed by atoms with Crippen molar-refractivity contribution in [2.24, 2.45) is 17.6 Å². The number of hydrogen-bond acceptors (Lipinski definition) is 2. The van der Waals surface area contributed by atoms with Gasteiger partial charge in [-0.2, -0.15) is 0 Å². The number of nitrogens with two attached hydrogens (primary N) is 1. The van der Waals surface area contributed by atoms with E-state index in [4.69, 9.17) is 5.73 Å². The summed E-state index contributed by atoms with van der Waals surface area (Å²) in [6.45, 7) is 5.88. The predicted octanol–water partition coefficient (Wildman–Crippen LogP) is 1.86. The summed E-state index contributed by atoms with van der Waals surface area (Å²) in [4.78, 5) is 14.3. The Bertz CT molecular complexity index is 564. The molecule has 2 rings (SSSR count). The number of rotatable bonds is 1. The Hall–Kier alpha value is -1.86. The van der Waals surface area contributed by atoms with Crippen molar-refractivity contribution < 1.29 is 9.18 Å². The maximum absolute atomic E-state index is 13.4. The van der Waals surface area contributed by atoms with E-state index >= 15 is 0 Å². The van der Waals surface area contributed by atoms with Gasteiger partial charge < -0.3 is 10.6 Å². The van der Waals surface area contributed by atoms with Crippen molar-refractivity contribution in [3.05, 3.63) is 35.1 Å². The standard InChI is InChI=1S/C16H19FN2O/c1-11-9-19(10-12(11)2)16(20)15-8-14(17)6-5-13(15)4-3-7-18/h5-6,8,11-12H,7,9-10,18H2,1-2H3. The number of carbonyl (C=O) groups is 1. The first-order valence-corrected chi connectivity index (χ1v) is 6.80. The van der Waals surface area contributed by atoms with Crippen molar-refractivity contribution >= 4 is 5.91 Å². The average molecular weight is 274 g/mol. The molecule has 0 spiro atoms. The highest BCUT2D eigenvalue weighted by molar-refractivity contribution is 5.97. The minimum atomic E-state index is -0.424. The monoisotopic (exact) mass is 274 g/mol. The Kier molecular flexibility index (Phi) is 4.41. The Labute approximate surface area is 119 Å². The zero-order valence-corrected chi connectivity index (χ0v) is 11.8. The zero-order valence-electron chi connectivity index (χ0n) is 11.8. The lowest BCUT2D eigenvalue weighted by Gasteiger charge is -2.17. The second-order valence-electron chi connectivity index (χ2n) is 5.36. The third-order valence-corrected chi connectivity index (χ3v) is 3.81. The molecule has 2 atom stereocenters. The quantitative estimate of drug-likeness (QED) is 0.795. The van der Waals surface area contributed by atoms with Gasteiger partial charge in [0.2, 0.25) is 0 Å². The molecule has 2 N–H and O–H groups in total. The van der Waals surface area contributed by atoms with Crippen LogP contribution in [0, 0.1) is 29.5 Å². The molecule has 2 unspecified atom stereocenters. The van der Waals surface area contributed by atoms with Gasteiger partial charge in [0.15, 0.2) is 0 Å². The summed E-state index contributed by atoms with van der Waals surface area (Å²) in [7, 11) is 0. The smallest absolute Gasteiger partial charge is 0.255 e. The normalized spacial score (nSPS) is 21.5. The Morgan fingerprint density at radius 1 is 1.40 bits per heavy atom. The van der Waals surface area contributed by atoms with Gasteiger partial charge in [-0.3, -0.25) is 4.79 Å². The van der Waals surface area contributed by atoms with Gasteiger partial charge in [-0.1, -0.05) is 25.7 Å². The van der Waals surface area contributed by atoms with E-state index in [1.54, 1.807) is 4.90 Å². The number of amides is 1. The van der Waals surface area contributed by atoms with Crippen LogP contribution in [0.25, 0.3) is 0 Å². The molecule has 1 heterocycles. The Morgan fingerprint density at radius 2 is 2.05 bits per heavy atom. The first-order chi connectivity index (χ1) is 9.52. The Morgan fingerprint density at radius 3 is 2.65 bits per heavy atom. The van der Waals surface area contributed by atoms with Gasteiger partial charge in [-0.15, -0.1) is 0 Å². The molecule has 1 aromatic rings. The lowest BCUT2D eigenvalue weighted by molar-refractivity contribution is 0.0784. The van der Waals surface area contributed by atoms with E-state index in [1.807, 2.05) is 0 Å². The van der Waals surface area contributed by atoms with Crippen LogP contribution in [0.3, 0.4) is 0 Å². The van der Waals surface area contributed by atoms with E-state index in [-0.39, 0.29) is 12.5 Å². The van der Waals surface area contributed by atoms with E-state index in [1.165, 1.54) is 18.2 Å². The van der Waals surface area contributed by atoms with Crippen molar-refractivity contribution in [2.45, 2.75) is 13.8 Å². The van der Waals surface area contributed by atoms with Gasteiger partial charge in [0.25, 0.3) is 5.91 Å². The summed E-state index contributed by atoms with van der Waals surface area (Å²) in [5.41, 5.74) is 6.21. The SMILES string of the molecule is CC1CN(C(=O)c2cc(F)ccc2C#CCN)CC1C. The minimum Gasteiger partial charge on any atom is -0.338 e. The molecule has 1 amide bonds. The van der Waals surface area contributed by atoms with Crippen LogP contribution in [-0.4, -0.2) is 30.4 Å². The molecule has 0 aliphatic carbocycles. The second-order valence-corrected chi connectivity index (χ2v) is 5.36. The van der Waals surface area contributed by atoms with Crippen LogP contribution in [0.4, 0.5) is 4.39 Å². The number of likely N-dealkylation sites (tertiary alicyclic amines) is 1. The molecule has 20 heavy (non-hydrogen) atoms. The molecule has 0 saturated carbocycles. The van der Waals surface area contributed by atoms with Crippen molar-refractivity contribution in [2.75, 3.05) is 19.6 Å². The molecule has 0 bridgehead atoms. The van der Waals surface area contributed by atoms with Crippen molar-refractivity contribution in [1.29, 1.82) is 0 Å². The van der Waals surface area contributed by atoms with Crippen LogP contribution in [0.1, 0.15) is 29.8 Å². The van der Waals surface area contributed by atoms with E-state index in [0.29, 0.717) is 36.1 Å². The molecule has 3 nitrogen and oxygen atoms in total. The number of halogens is 1. The third kappa shape index (κ3) is 3.00. The van der Waals surface area contributed by atoms with E-state index in [2.05, 4.69) is 25.7 Å². The fourth-order valence-electron chi connectivity index (χ4n) is 2.41. The highest BCUT2D eigenvalue weighted by atomic mass is 19.1. The van der Waals surface area contributed by atoms with Gasteiger partial charge in [0.05, 0.1) is 12.1 Å². The zero-order chi connectivity index (χ0) is 14.7. The average Bonchev–Trinajstić information content (AvgIpc) is 2.76. The summed E-state index contributed by atoms with van der Waals surface area (Å²) in [5.74, 6) is 5.90. The number of carbonyl (C=O) groups excluding carboxylic acids is 1. The Balaban J connectivity index is 2.31. The van der Waals surface area contributed by atoms with Crippen molar-refractivity contribution in [1.82, 2.24) is 4.90 Å². The van der Waals surface area contributed by atoms with Crippen LogP contribution < -0.4 is 5.73 Å². The third-order valence-electron chi connectivity index (χ3n) is 3.81. The molecule has 0 aromatic heterocycles. The first-order valence-electron chi connectivity index (χ1n) is 6.80. The van der Waals surface area contributed by atoms with Gasteiger partial charge in [0.1, 0.15) is 5.82 Å². The number of nitrogens with zero attached hydrogens (tertiary/aromatic N) is 1. The predicted molar refractivity (Wildman–Crippen MR) is 76.6 cm³/mol. The fourth-order valence-corrected chi connectivity index (χ4v) is 2.41. The van der Waals surface area contributed by atoms with Gasteiger partial charge in [-0.05, 0) is 30.0 Å². The lowest BCUT2D eigenvalue weighted by Crippen LogP contribution is -2.29. The second kappa shape index (κ2) is 6.06. The van der Waals surface area contributed by atoms with Crippen LogP contribution >= 0.6 is 0 Å². The summed E-state index contributed by atoms with van der Waals surface area (Å²) in [6, 6.07) is 4.11. The van der Waals surface area contributed by atoms with E-state index in [0.717, 1.165) is 0 Å². The molecule has 1 aromatic carbocycles. The fraction of sp³-hybridized carbons (Fsp3) is 0.438. The molecular formula is C16H19FN2O. The molecule has 1 aliphatic heterocycles. The highest BCUT2D eigenvalue weighted by Gasteiger charge is 2.30. The largest absolute Gasteiger partial charge is 0.338 e. The molecule has 1 fully saturated rings. The van der Waals surface area contributed by atoms with Crippen LogP contribution in [0.2, 0.25) is 0 Å². The number of hydrogen-bond donors (Lipinski definition) is 1. The molecule has 0 radical (unpaired) electrons. The topological polar surface area (TPSA) is 46.3 Å². The van der Waals surface area contributed by atoms with Crippen LogP contribution in [0.5, 0.6) is 0 Å².